The average Bonchev–Trinajstić information content (AvgIpc) is 2.87. The third kappa shape index (κ3) is 1.95. The van der Waals surface area contributed by atoms with Gasteiger partial charge in [-0.25, -0.2) is 4.79 Å². The molecule has 0 amide bonds. The fourth-order valence-corrected chi connectivity index (χ4v) is 2.83. The molecule has 3 rings (SSSR count). The lowest BCUT2D eigenvalue weighted by Gasteiger charge is -2.20. The number of aromatic nitrogens is 2. The first kappa shape index (κ1) is 11.5. The zero-order valence-electron chi connectivity index (χ0n) is 9.94. The Balaban J connectivity index is 2.13. The van der Waals surface area contributed by atoms with Crippen LogP contribution in [-0.2, 0) is 19.4 Å². The first-order valence-corrected chi connectivity index (χ1v) is 6.54. The SMILES string of the molecule is O=c1[nH]c(=S)c2c(n1Cc1ccco1)CCCC2. The Morgan fingerprint density at radius 2 is 2.22 bits per heavy atom. The highest BCUT2D eigenvalue weighted by Gasteiger charge is 2.17. The molecule has 1 aliphatic carbocycles. The Hall–Kier alpha value is -1.62. The van der Waals surface area contributed by atoms with Crippen LogP contribution in [0.3, 0.4) is 0 Å². The zero-order valence-corrected chi connectivity index (χ0v) is 10.8. The van der Waals surface area contributed by atoms with E-state index in [-0.39, 0.29) is 5.69 Å². The number of aromatic amines is 1. The van der Waals surface area contributed by atoms with E-state index < -0.39 is 0 Å². The molecule has 2 aromatic heterocycles. The van der Waals surface area contributed by atoms with E-state index in [1.54, 1.807) is 10.8 Å². The van der Waals surface area contributed by atoms with E-state index in [1.807, 2.05) is 12.1 Å². The lowest BCUT2D eigenvalue weighted by Crippen LogP contribution is -2.29. The molecular weight excluding hydrogens is 248 g/mol. The second-order valence-electron chi connectivity index (χ2n) is 4.56. The molecule has 0 aromatic carbocycles. The van der Waals surface area contributed by atoms with Crippen molar-refractivity contribution in [2.75, 3.05) is 0 Å². The average molecular weight is 262 g/mol. The smallest absolute Gasteiger partial charge is 0.327 e. The third-order valence-electron chi connectivity index (χ3n) is 3.40. The Morgan fingerprint density at radius 3 is 3.00 bits per heavy atom. The summed E-state index contributed by atoms with van der Waals surface area (Å²) in [7, 11) is 0. The van der Waals surface area contributed by atoms with Crippen molar-refractivity contribution in [3.8, 4) is 0 Å². The molecule has 0 atom stereocenters. The van der Waals surface area contributed by atoms with Gasteiger partial charge in [-0.2, -0.15) is 0 Å². The Kier molecular flexibility index (Phi) is 2.91. The molecule has 0 bridgehead atoms. The van der Waals surface area contributed by atoms with E-state index in [2.05, 4.69) is 4.98 Å². The number of fused-ring (bicyclic) bond motifs is 1. The first-order chi connectivity index (χ1) is 8.75. The maximum absolute atomic E-state index is 12.0. The predicted octanol–water partition coefficient (Wildman–Crippen LogP) is 2.43. The van der Waals surface area contributed by atoms with Gasteiger partial charge in [0.05, 0.1) is 12.8 Å². The Labute approximate surface area is 109 Å². The predicted molar refractivity (Wildman–Crippen MR) is 70.3 cm³/mol. The zero-order chi connectivity index (χ0) is 12.5. The number of hydrogen-bond acceptors (Lipinski definition) is 3. The highest BCUT2D eigenvalue weighted by molar-refractivity contribution is 7.71. The van der Waals surface area contributed by atoms with Crippen molar-refractivity contribution in [1.82, 2.24) is 9.55 Å². The van der Waals surface area contributed by atoms with Crippen molar-refractivity contribution in [2.24, 2.45) is 0 Å². The summed E-state index contributed by atoms with van der Waals surface area (Å²) < 4.78 is 7.67. The number of nitrogens with one attached hydrogen (secondary N) is 1. The lowest BCUT2D eigenvalue weighted by molar-refractivity contribution is 0.474. The minimum atomic E-state index is -0.142. The number of nitrogens with zero attached hydrogens (tertiary/aromatic N) is 1. The summed E-state index contributed by atoms with van der Waals surface area (Å²) in [5, 5.41) is 0. The number of rotatable bonds is 2. The van der Waals surface area contributed by atoms with Crippen LogP contribution < -0.4 is 5.69 Å². The van der Waals surface area contributed by atoms with Gasteiger partial charge in [-0.15, -0.1) is 0 Å². The number of hydrogen-bond donors (Lipinski definition) is 1. The summed E-state index contributed by atoms with van der Waals surface area (Å²) in [5.74, 6) is 0.787. The maximum Gasteiger partial charge on any atom is 0.327 e. The second kappa shape index (κ2) is 4.57. The normalized spacial score (nSPS) is 14.4. The van der Waals surface area contributed by atoms with Gasteiger partial charge in [-0.1, -0.05) is 12.2 Å². The van der Waals surface area contributed by atoms with Crippen molar-refractivity contribution in [2.45, 2.75) is 32.2 Å². The molecule has 0 fully saturated rings. The monoisotopic (exact) mass is 262 g/mol. The molecule has 0 unspecified atom stereocenters. The maximum atomic E-state index is 12.0. The summed E-state index contributed by atoms with van der Waals surface area (Å²) in [4.78, 5) is 14.8. The van der Waals surface area contributed by atoms with Crippen molar-refractivity contribution < 1.29 is 4.42 Å². The molecular formula is C13H14N2O2S. The number of H-pyrrole nitrogens is 1. The van der Waals surface area contributed by atoms with Crippen LogP contribution in [0, 0.1) is 4.64 Å². The second-order valence-corrected chi connectivity index (χ2v) is 4.97. The van der Waals surface area contributed by atoms with E-state index in [0.29, 0.717) is 11.2 Å². The molecule has 0 saturated heterocycles. The van der Waals surface area contributed by atoms with Gasteiger partial charge in [0.1, 0.15) is 10.4 Å². The molecule has 1 N–H and O–H groups in total. The van der Waals surface area contributed by atoms with Gasteiger partial charge in [0.2, 0.25) is 0 Å². The molecule has 4 nitrogen and oxygen atoms in total. The summed E-state index contributed by atoms with van der Waals surface area (Å²) in [5.41, 5.74) is 2.06. The van der Waals surface area contributed by atoms with Gasteiger partial charge in [0, 0.05) is 11.3 Å². The van der Waals surface area contributed by atoms with Gasteiger partial charge in [-0.05, 0) is 37.8 Å². The van der Waals surface area contributed by atoms with Crippen molar-refractivity contribution in [1.29, 1.82) is 0 Å². The standard InChI is InChI=1S/C13H14N2O2S/c16-13-14-12(18)10-5-1-2-6-11(10)15(13)8-9-4-3-7-17-9/h3-4,7H,1-2,5-6,8H2,(H,14,16,18). The van der Waals surface area contributed by atoms with Crippen molar-refractivity contribution in [3.05, 3.63) is 50.5 Å². The molecule has 0 radical (unpaired) electrons. The van der Waals surface area contributed by atoms with E-state index in [4.69, 9.17) is 16.6 Å². The largest absolute Gasteiger partial charge is 0.467 e. The highest BCUT2D eigenvalue weighted by Crippen LogP contribution is 2.20. The summed E-state index contributed by atoms with van der Waals surface area (Å²) in [6.45, 7) is 0.473. The van der Waals surface area contributed by atoms with Crippen LogP contribution >= 0.6 is 12.2 Å². The summed E-state index contributed by atoms with van der Waals surface area (Å²) >= 11 is 5.24. The molecule has 0 aliphatic heterocycles. The molecule has 94 valence electrons. The van der Waals surface area contributed by atoms with Gasteiger partial charge < -0.3 is 4.42 Å². The van der Waals surface area contributed by atoms with Crippen molar-refractivity contribution >= 4 is 12.2 Å². The van der Waals surface area contributed by atoms with E-state index in [1.165, 1.54) is 0 Å². The Bertz CT molecular complexity index is 667. The molecule has 2 heterocycles. The van der Waals surface area contributed by atoms with Crippen LogP contribution in [0.25, 0.3) is 0 Å². The van der Waals surface area contributed by atoms with Crippen molar-refractivity contribution in [3.63, 3.8) is 0 Å². The fourth-order valence-electron chi connectivity index (χ4n) is 2.52. The molecule has 0 saturated carbocycles. The van der Waals surface area contributed by atoms with Crippen LogP contribution in [-0.4, -0.2) is 9.55 Å². The van der Waals surface area contributed by atoms with Gasteiger partial charge in [0.25, 0.3) is 0 Å². The minimum Gasteiger partial charge on any atom is -0.467 e. The first-order valence-electron chi connectivity index (χ1n) is 6.13. The third-order valence-corrected chi connectivity index (χ3v) is 3.75. The van der Waals surface area contributed by atoms with Crippen LogP contribution in [0.15, 0.2) is 27.6 Å². The lowest BCUT2D eigenvalue weighted by atomic mass is 9.97. The van der Waals surface area contributed by atoms with E-state index in [0.717, 1.165) is 42.7 Å². The minimum absolute atomic E-state index is 0.142. The fraction of sp³-hybridized carbons (Fsp3) is 0.385. The van der Waals surface area contributed by atoms with Crippen LogP contribution in [0.2, 0.25) is 0 Å². The molecule has 18 heavy (non-hydrogen) atoms. The van der Waals surface area contributed by atoms with E-state index >= 15 is 0 Å². The topological polar surface area (TPSA) is 50.9 Å². The van der Waals surface area contributed by atoms with Gasteiger partial charge in [-0.3, -0.25) is 9.55 Å². The van der Waals surface area contributed by atoms with Crippen LogP contribution in [0.4, 0.5) is 0 Å². The highest BCUT2D eigenvalue weighted by atomic mass is 32.1. The quantitative estimate of drug-likeness (QED) is 0.846. The summed E-state index contributed by atoms with van der Waals surface area (Å²) in [6.07, 6.45) is 5.76. The number of furan rings is 1. The molecule has 5 heteroatoms. The van der Waals surface area contributed by atoms with Crippen LogP contribution in [0.1, 0.15) is 29.9 Å². The molecule has 0 spiro atoms. The summed E-state index contributed by atoms with van der Waals surface area (Å²) in [6, 6.07) is 3.71. The Morgan fingerprint density at radius 1 is 1.39 bits per heavy atom. The van der Waals surface area contributed by atoms with Gasteiger partial charge >= 0.3 is 5.69 Å². The van der Waals surface area contributed by atoms with E-state index in [9.17, 15) is 4.79 Å². The molecule has 2 aromatic rings. The molecule has 1 aliphatic rings. The van der Waals surface area contributed by atoms with Crippen LogP contribution in [0.5, 0.6) is 0 Å². The van der Waals surface area contributed by atoms with Gasteiger partial charge in [0.15, 0.2) is 0 Å².